The summed E-state index contributed by atoms with van der Waals surface area (Å²) < 4.78 is 11.4. The second-order valence-corrected chi connectivity index (χ2v) is 5.54. The molecule has 4 nitrogen and oxygen atoms in total. The van der Waals surface area contributed by atoms with Gasteiger partial charge in [0.2, 0.25) is 0 Å². The molecule has 2 rings (SSSR count). The predicted octanol–water partition coefficient (Wildman–Crippen LogP) is 1.03. The van der Waals surface area contributed by atoms with Crippen molar-refractivity contribution in [3.63, 3.8) is 0 Å². The molecule has 2 unspecified atom stereocenters. The summed E-state index contributed by atoms with van der Waals surface area (Å²) in [7, 11) is 0. The number of hydrogen-bond acceptors (Lipinski definition) is 4. The maximum atomic E-state index is 9.18. The maximum absolute atomic E-state index is 9.18. The standard InChI is InChI=1S/C13H25NO3/c1-11(2)14(5-6-15)12-3-7-17-13(9-12)4-8-16-10-13/h11-12,15H,3-10H2,1-2H3. The van der Waals surface area contributed by atoms with Gasteiger partial charge in [0.1, 0.15) is 0 Å². The Morgan fingerprint density at radius 2 is 2.24 bits per heavy atom. The van der Waals surface area contributed by atoms with Crippen LogP contribution in [-0.2, 0) is 9.47 Å². The normalized spacial score (nSPS) is 34.1. The molecule has 100 valence electrons. The molecule has 2 fully saturated rings. The summed E-state index contributed by atoms with van der Waals surface area (Å²) in [5.74, 6) is 0. The molecule has 0 aliphatic carbocycles. The Bertz CT molecular complexity index is 239. The SMILES string of the molecule is CC(C)N(CCO)C1CCOC2(CCOC2)C1. The monoisotopic (exact) mass is 243 g/mol. The van der Waals surface area contributed by atoms with Gasteiger partial charge < -0.3 is 14.6 Å². The molecule has 0 aromatic carbocycles. The van der Waals surface area contributed by atoms with Crippen LogP contribution in [0.5, 0.6) is 0 Å². The summed E-state index contributed by atoms with van der Waals surface area (Å²) in [6, 6.07) is 1.00. The first-order valence-electron chi connectivity index (χ1n) is 6.75. The number of nitrogens with zero attached hydrogens (tertiary/aromatic N) is 1. The van der Waals surface area contributed by atoms with Gasteiger partial charge in [0.15, 0.2) is 0 Å². The second kappa shape index (κ2) is 5.65. The minimum absolute atomic E-state index is 0.0362. The average molecular weight is 243 g/mol. The molecule has 17 heavy (non-hydrogen) atoms. The largest absolute Gasteiger partial charge is 0.395 e. The molecule has 2 saturated heterocycles. The zero-order chi connectivity index (χ0) is 12.3. The Balaban J connectivity index is 1.99. The van der Waals surface area contributed by atoms with Gasteiger partial charge in [-0.25, -0.2) is 0 Å². The van der Waals surface area contributed by atoms with Crippen molar-refractivity contribution in [1.82, 2.24) is 4.90 Å². The molecule has 0 aromatic rings. The lowest BCUT2D eigenvalue weighted by atomic mass is 9.88. The van der Waals surface area contributed by atoms with Gasteiger partial charge >= 0.3 is 0 Å². The Labute approximate surface area is 104 Å². The number of ether oxygens (including phenoxy) is 2. The first-order chi connectivity index (χ1) is 8.17. The zero-order valence-corrected chi connectivity index (χ0v) is 11.0. The Morgan fingerprint density at radius 3 is 2.82 bits per heavy atom. The van der Waals surface area contributed by atoms with Crippen molar-refractivity contribution >= 4 is 0 Å². The minimum atomic E-state index is -0.0362. The lowest BCUT2D eigenvalue weighted by molar-refractivity contribution is -0.110. The maximum Gasteiger partial charge on any atom is 0.0951 e. The quantitative estimate of drug-likeness (QED) is 0.800. The summed E-state index contributed by atoms with van der Waals surface area (Å²) in [6.45, 7) is 7.79. The van der Waals surface area contributed by atoms with Crippen LogP contribution in [-0.4, -0.2) is 60.7 Å². The zero-order valence-electron chi connectivity index (χ0n) is 11.0. The van der Waals surface area contributed by atoms with Crippen LogP contribution in [0.4, 0.5) is 0 Å². The van der Waals surface area contributed by atoms with Gasteiger partial charge in [-0.1, -0.05) is 0 Å². The van der Waals surface area contributed by atoms with Crippen LogP contribution in [0.2, 0.25) is 0 Å². The van der Waals surface area contributed by atoms with Crippen molar-refractivity contribution in [3.05, 3.63) is 0 Å². The smallest absolute Gasteiger partial charge is 0.0951 e. The van der Waals surface area contributed by atoms with E-state index in [1.165, 1.54) is 0 Å². The van der Waals surface area contributed by atoms with Crippen LogP contribution in [0, 0.1) is 0 Å². The van der Waals surface area contributed by atoms with Crippen LogP contribution in [0.1, 0.15) is 33.1 Å². The molecule has 2 aliphatic heterocycles. The third kappa shape index (κ3) is 2.99. The first-order valence-corrected chi connectivity index (χ1v) is 6.75. The van der Waals surface area contributed by atoms with Gasteiger partial charge in [-0.2, -0.15) is 0 Å². The number of rotatable bonds is 4. The van der Waals surface area contributed by atoms with Gasteiger partial charge in [0.25, 0.3) is 0 Å². The summed E-state index contributed by atoms with van der Waals surface area (Å²) in [5, 5.41) is 9.18. The van der Waals surface area contributed by atoms with Crippen LogP contribution < -0.4 is 0 Å². The molecule has 0 bridgehead atoms. The molecule has 1 N–H and O–H groups in total. The van der Waals surface area contributed by atoms with Crippen molar-refractivity contribution in [2.45, 2.75) is 50.8 Å². The van der Waals surface area contributed by atoms with E-state index < -0.39 is 0 Å². The van der Waals surface area contributed by atoms with Gasteiger partial charge in [-0.05, 0) is 26.7 Å². The van der Waals surface area contributed by atoms with Crippen molar-refractivity contribution in [2.24, 2.45) is 0 Å². The van der Waals surface area contributed by atoms with E-state index in [1.807, 2.05) is 0 Å². The fourth-order valence-corrected chi connectivity index (χ4v) is 3.13. The van der Waals surface area contributed by atoms with Crippen LogP contribution in [0.15, 0.2) is 0 Å². The highest BCUT2D eigenvalue weighted by Crippen LogP contribution is 2.35. The van der Waals surface area contributed by atoms with Crippen LogP contribution >= 0.6 is 0 Å². The van der Waals surface area contributed by atoms with E-state index in [1.54, 1.807) is 0 Å². The summed E-state index contributed by atoms with van der Waals surface area (Å²) in [5.41, 5.74) is -0.0362. The molecular formula is C13H25NO3. The van der Waals surface area contributed by atoms with E-state index in [0.29, 0.717) is 12.1 Å². The van der Waals surface area contributed by atoms with Crippen molar-refractivity contribution in [2.75, 3.05) is 33.0 Å². The van der Waals surface area contributed by atoms with Crippen LogP contribution in [0.3, 0.4) is 0 Å². The van der Waals surface area contributed by atoms with Crippen LogP contribution in [0.25, 0.3) is 0 Å². The Hall–Kier alpha value is -0.160. The van der Waals surface area contributed by atoms with E-state index in [0.717, 1.165) is 45.6 Å². The molecule has 2 aliphatic rings. The van der Waals surface area contributed by atoms with E-state index in [9.17, 15) is 5.11 Å². The van der Waals surface area contributed by atoms with Crippen molar-refractivity contribution in [3.8, 4) is 0 Å². The molecule has 1 spiro atoms. The third-order valence-electron chi connectivity index (χ3n) is 4.02. The molecule has 4 heteroatoms. The average Bonchev–Trinajstić information content (AvgIpc) is 2.73. The molecule has 0 saturated carbocycles. The molecule has 0 aromatic heterocycles. The van der Waals surface area contributed by atoms with Crippen molar-refractivity contribution in [1.29, 1.82) is 0 Å². The molecule has 0 radical (unpaired) electrons. The van der Waals surface area contributed by atoms with E-state index in [-0.39, 0.29) is 12.2 Å². The topological polar surface area (TPSA) is 41.9 Å². The molecule has 2 atom stereocenters. The highest BCUT2D eigenvalue weighted by Gasteiger charge is 2.42. The lowest BCUT2D eigenvalue weighted by Gasteiger charge is -2.43. The fraction of sp³-hybridized carbons (Fsp3) is 1.00. The summed E-state index contributed by atoms with van der Waals surface area (Å²) in [6.07, 6.45) is 3.14. The molecular weight excluding hydrogens is 218 g/mol. The second-order valence-electron chi connectivity index (χ2n) is 5.54. The molecule has 0 amide bonds. The summed E-state index contributed by atoms with van der Waals surface area (Å²) in [4.78, 5) is 2.41. The van der Waals surface area contributed by atoms with E-state index in [4.69, 9.17) is 9.47 Å². The Kier molecular flexibility index (Phi) is 4.42. The van der Waals surface area contributed by atoms with Gasteiger partial charge in [-0.3, -0.25) is 4.90 Å². The van der Waals surface area contributed by atoms with E-state index >= 15 is 0 Å². The summed E-state index contributed by atoms with van der Waals surface area (Å²) >= 11 is 0. The molecule has 2 heterocycles. The lowest BCUT2D eigenvalue weighted by Crippen LogP contribution is -2.51. The fourth-order valence-electron chi connectivity index (χ4n) is 3.13. The third-order valence-corrected chi connectivity index (χ3v) is 4.02. The minimum Gasteiger partial charge on any atom is -0.395 e. The predicted molar refractivity (Wildman–Crippen MR) is 66.1 cm³/mol. The number of aliphatic hydroxyl groups excluding tert-OH is 1. The number of hydrogen-bond donors (Lipinski definition) is 1. The first kappa shape index (κ1) is 13.3. The Morgan fingerprint density at radius 1 is 1.41 bits per heavy atom. The van der Waals surface area contributed by atoms with Gasteiger partial charge in [0.05, 0.1) is 18.8 Å². The van der Waals surface area contributed by atoms with Gasteiger partial charge in [-0.15, -0.1) is 0 Å². The number of aliphatic hydroxyl groups is 1. The van der Waals surface area contributed by atoms with Crippen molar-refractivity contribution < 1.29 is 14.6 Å². The van der Waals surface area contributed by atoms with Gasteiger partial charge in [0, 0.05) is 38.3 Å². The highest BCUT2D eigenvalue weighted by atomic mass is 16.6. The van der Waals surface area contributed by atoms with E-state index in [2.05, 4.69) is 18.7 Å². The highest BCUT2D eigenvalue weighted by molar-refractivity contribution is 4.94.